The lowest BCUT2D eigenvalue weighted by Crippen LogP contribution is -1.85. The second-order valence-corrected chi connectivity index (χ2v) is 5.43. The van der Waals surface area contributed by atoms with Gasteiger partial charge in [-0.25, -0.2) is 4.79 Å². The molecule has 0 bridgehead atoms. The minimum atomic E-state index is 0.353. The van der Waals surface area contributed by atoms with Crippen LogP contribution in [0.25, 0.3) is 0 Å². The summed E-state index contributed by atoms with van der Waals surface area (Å²) in [7, 11) is 0. The van der Waals surface area contributed by atoms with Crippen molar-refractivity contribution in [3.05, 3.63) is 6.08 Å². The second-order valence-electron chi connectivity index (χ2n) is 5.43. The van der Waals surface area contributed by atoms with E-state index in [0.717, 1.165) is 19.3 Å². The predicted molar refractivity (Wildman–Crippen MR) is 82.0 cm³/mol. The summed E-state index contributed by atoms with van der Waals surface area (Å²) < 4.78 is 0. The summed E-state index contributed by atoms with van der Waals surface area (Å²) in [6, 6.07) is 0. The van der Waals surface area contributed by atoms with Gasteiger partial charge in [0, 0.05) is 6.61 Å². The van der Waals surface area contributed by atoms with Crippen LogP contribution in [-0.4, -0.2) is 17.7 Å². The quantitative estimate of drug-likeness (QED) is 0.341. The first-order chi connectivity index (χ1) is 9.41. The molecule has 0 radical (unpaired) electrons. The molecule has 0 aromatic carbocycles. The molecule has 0 fully saturated rings. The van der Waals surface area contributed by atoms with E-state index in [0.29, 0.717) is 6.61 Å². The number of rotatable bonds is 15. The van der Waals surface area contributed by atoms with E-state index >= 15 is 0 Å². The summed E-state index contributed by atoms with van der Waals surface area (Å²) in [5.74, 6) is 1.83. The molecule has 0 spiro atoms. The van der Waals surface area contributed by atoms with E-state index in [2.05, 4.69) is 0 Å². The minimum Gasteiger partial charge on any atom is -0.396 e. The van der Waals surface area contributed by atoms with Gasteiger partial charge in [-0.1, -0.05) is 70.6 Å². The molecular formula is C17H32O2. The molecule has 0 aromatic heterocycles. The van der Waals surface area contributed by atoms with Crippen molar-refractivity contribution >= 4 is 5.94 Å². The van der Waals surface area contributed by atoms with Crippen LogP contribution in [0.3, 0.4) is 0 Å². The van der Waals surface area contributed by atoms with Crippen LogP contribution in [0.5, 0.6) is 0 Å². The summed E-state index contributed by atoms with van der Waals surface area (Å²) in [5, 5.41) is 8.65. The van der Waals surface area contributed by atoms with Gasteiger partial charge in [0.15, 0.2) is 0 Å². The molecule has 0 saturated heterocycles. The number of unbranched alkanes of at least 4 members (excludes halogenated alkanes) is 13. The van der Waals surface area contributed by atoms with Crippen LogP contribution in [0, 0.1) is 0 Å². The molecule has 112 valence electrons. The van der Waals surface area contributed by atoms with Crippen LogP contribution in [0.2, 0.25) is 0 Å². The molecule has 0 amide bonds. The molecule has 0 unspecified atom stereocenters. The van der Waals surface area contributed by atoms with Gasteiger partial charge in [-0.2, -0.15) is 0 Å². The summed E-state index contributed by atoms with van der Waals surface area (Å²) >= 11 is 0. The van der Waals surface area contributed by atoms with Crippen LogP contribution in [-0.2, 0) is 4.79 Å². The Kier molecular flexibility index (Phi) is 16.9. The van der Waals surface area contributed by atoms with Crippen molar-refractivity contribution in [2.24, 2.45) is 0 Å². The zero-order valence-corrected chi connectivity index (χ0v) is 12.5. The highest BCUT2D eigenvalue weighted by Gasteiger charge is 1.93. The average molecular weight is 268 g/mol. The van der Waals surface area contributed by atoms with Gasteiger partial charge in [0.25, 0.3) is 0 Å². The molecule has 19 heavy (non-hydrogen) atoms. The maximum Gasteiger partial charge on any atom is 0.120 e. The van der Waals surface area contributed by atoms with Crippen molar-refractivity contribution < 1.29 is 9.90 Å². The van der Waals surface area contributed by atoms with Gasteiger partial charge < -0.3 is 5.11 Å². The Morgan fingerprint density at radius 3 is 1.37 bits per heavy atom. The zero-order chi connectivity index (χ0) is 14.0. The van der Waals surface area contributed by atoms with Crippen LogP contribution in [0.15, 0.2) is 6.08 Å². The molecule has 0 aliphatic heterocycles. The Morgan fingerprint density at radius 1 is 0.632 bits per heavy atom. The predicted octanol–water partition coefficient (Wildman–Crippen LogP) is 4.83. The van der Waals surface area contributed by atoms with Crippen LogP contribution in [0.1, 0.15) is 89.9 Å². The third kappa shape index (κ3) is 17.4. The number of aliphatic hydroxyl groups is 1. The second kappa shape index (κ2) is 17.4. The lowest BCUT2D eigenvalue weighted by molar-refractivity contribution is 0.282. The van der Waals surface area contributed by atoms with E-state index in [-0.39, 0.29) is 0 Å². The third-order valence-corrected chi connectivity index (χ3v) is 3.59. The van der Waals surface area contributed by atoms with Crippen molar-refractivity contribution in [2.75, 3.05) is 6.61 Å². The summed E-state index contributed by atoms with van der Waals surface area (Å²) in [5.41, 5.74) is 0. The van der Waals surface area contributed by atoms with Gasteiger partial charge in [-0.05, 0) is 25.3 Å². The first-order valence-corrected chi connectivity index (χ1v) is 8.22. The van der Waals surface area contributed by atoms with Gasteiger partial charge in [0.05, 0.1) is 0 Å². The van der Waals surface area contributed by atoms with Crippen molar-refractivity contribution in [2.45, 2.75) is 89.9 Å². The Balaban J connectivity index is 2.93. The Labute approximate surface area is 119 Å². The summed E-state index contributed by atoms with van der Waals surface area (Å²) in [6.07, 6.45) is 19.2. The maximum atomic E-state index is 9.95. The van der Waals surface area contributed by atoms with E-state index in [9.17, 15) is 4.79 Å². The molecule has 1 N–H and O–H groups in total. The third-order valence-electron chi connectivity index (χ3n) is 3.59. The normalized spacial score (nSPS) is 10.4. The molecule has 0 aliphatic carbocycles. The molecule has 0 aromatic rings. The van der Waals surface area contributed by atoms with Crippen LogP contribution < -0.4 is 0 Å². The number of hydrogen-bond donors (Lipinski definition) is 1. The highest BCUT2D eigenvalue weighted by Crippen LogP contribution is 2.12. The lowest BCUT2D eigenvalue weighted by Gasteiger charge is -2.02. The van der Waals surface area contributed by atoms with E-state index in [1.165, 1.54) is 70.6 Å². The summed E-state index contributed by atoms with van der Waals surface area (Å²) in [6.45, 7) is 0.353. The Hall–Kier alpha value is -0.590. The number of allylic oxidation sites excluding steroid dienone is 1. The Bertz CT molecular complexity index is 207. The number of carbonyl (C=O) groups excluding carboxylic acids is 1. The van der Waals surface area contributed by atoms with Crippen molar-refractivity contribution in [3.8, 4) is 0 Å². The molecule has 0 atom stereocenters. The molecular weight excluding hydrogens is 236 g/mol. The molecule has 0 aliphatic rings. The summed E-state index contributed by atoms with van der Waals surface area (Å²) in [4.78, 5) is 9.95. The molecule has 2 nitrogen and oxygen atoms in total. The fraction of sp³-hybridized carbons (Fsp3) is 0.882. The fourth-order valence-electron chi connectivity index (χ4n) is 2.36. The maximum absolute atomic E-state index is 9.95. The van der Waals surface area contributed by atoms with E-state index in [1.807, 2.05) is 5.94 Å². The van der Waals surface area contributed by atoms with Gasteiger partial charge in [0.1, 0.15) is 5.94 Å². The molecule has 0 rings (SSSR count). The monoisotopic (exact) mass is 268 g/mol. The highest BCUT2D eigenvalue weighted by atomic mass is 16.2. The average Bonchev–Trinajstić information content (AvgIpc) is 2.43. The number of hydrogen-bond acceptors (Lipinski definition) is 2. The van der Waals surface area contributed by atoms with E-state index in [4.69, 9.17) is 5.11 Å². The lowest BCUT2D eigenvalue weighted by atomic mass is 10.0. The first-order valence-electron chi connectivity index (χ1n) is 8.22. The van der Waals surface area contributed by atoms with Crippen LogP contribution >= 0.6 is 0 Å². The van der Waals surface area contributed by atoms with E-state index in [1.54, 1.807) is 6.08 Å². The standard InChI is InChI=1S/C17H32O2/c18-16-14-12-10-8-6-4-2-1-3-5-7-9-11-13-15-17-19/h14,19H,1-13,15,17H2. The first kappa shape index (κ1) is 18.4. The zero-order valence-electron chi connectivity index (χ0n) is 12.5. The Morgan fingerprint density at radius 2 is 1.00 bits per heavy atom. The van der Waals surface area contributed by atoms with Crippen molar-refractivity contribution in [1.82, 2.24) is 0 Å². The SMILES string of the molecule is O=C=CCCCCCCCCCCCCCCCO. The largest absolute Gasteiger partial charge is 0.396 e. The highest BCUT2D eigenvalue weighted by molar-refractivity contribution is 5.44. The van der Waals surface area contributed by atoms with Gasteiger partial charge in [-0.15, -0.1) is 0 Å². The molecule has 2 heteroatoms. The van der Waals surface area contributed by atoms with Crippen LogP contribution in [0.4, 0.5) is 0 Å². The number of aliphatic hydroxyl groups excluding tert-OH is 1. The smallest absolute Gasteiger partial charge is 0.120 e. The topological polar surface area (TPSA) is 37.3 Å². The van der Waals surface area contributed by atoms with Crippen molar-refractivity contribution in [3.63, 3.8) is 0 Å². The minimum absolute atomic E-state index is 0.353. The fourth-order valence-corrected chi connectivity index (χ4v) is 2.36. The van der Waals surface area contributed by atoms with E-state index < -0.39 is 0 Å². The van der Waals surface area contributed by atoms with Gasteiger partial charge in [0.2, 0.25) is 0 Å². The molecule has 0 heterocycles. The van der Waals surface area contributed by atoms with Crippen molar-refractivity contribution in [1.29, 1.82) is 0 Å². The van der Waals surface area contributed by atoms with Gasteiger partial charge >= 0.3 is 0 Å². The molecule has 0 saturated carbocycles. The van der Waals surface area contributed by atoms with Gasteiger partial charge in [-0.3, -0.25) is 0 Å².